The number of pyridine rings is 1. The number of hydrogen-bond acceptors (Lipinski definition) is 8. The van der Waals surface area contributed by atoms with Gasteiger partial charge in [0.1, 0.15) is 17.6 Å². The van der Waals surface area contributed by atoms with E-state index in [9.17, 15) is 19.2 Å². The van der Waals surface area contributed by atoms with Gasteiger partial charge in [0.25, 0.3) is 5.91 Å². The van der Waals surface area contributed by atoms with Gasteiger partial charge in [0.15, 0.2) is 0 Å². The zero-order valence-corrected chi connectivity index (χ0v) is 32.5. The maximum absolute atomic E-state index is 13.1. The molecule has 294 valence electrons. The molecular weight excluding hydrogens is 733 g/mol. The van der Waals surface area contributed by atoms with Crippen molar-refractivity contribution in [2.24, 2.45) is 0 Å². The fourth-order valence-electron chi connectivity index (χ4n) is 8.62. The Balaban J connectivity index is 0.842. The summed E-state index contributed by atoms with van der Waals surface area (Å²) >= 11 is 0. The lowest BCUT2D eigenvalue weighted by Gasteiger charge is -2.30. The monoisotopic (exact) mass is 776 g/mol. The van der Waals surface area contributed by atoms with Gasteiger partial charge in [-0.3, -0.25) is 29.5 Å². The number of nitrogens with zero attached hydrogens (tertiary/aromatic N) is 5. The van der Waals surface area contributed by atoms with E-state index in [1.807, 2.05) is 47.5 Å². The lowest BCUT2D eigenvalue weighted by Crippen LogP contribution is -2.52. The van der Waals surface area contributed by atoms with Crippen LogP contribution in [0.25, 0.3) is 33.3 Å². The number of benzene rings is 3. The van der Waals surface area contributed by atoms with Gasteiger partial charge < -0.3 is 23.8 Å². The van der Waals surface area contributed by atoms with Crippen LogP contribution in [0.5, 0.6) is 5.75 Å². The van der Waals surface area contributed by atoms with Gasteiger partial charge in [0.05, 0.1) is 30.2 Å². The minimum atomic E-state index is -0.653. The summed E-state index contributed by atoms with van der Waals surface area (Å²) in [6.45, 7) is 5.88. The van der Waals surface area contributed by atoms with Crippen LogP contribution in [0.3, 0.4) is 0 Å². The molecule has 0 radical (unpaired) electrons. The molecule has 1 atom stereocenters. The van der Waals surface area contributed by atoms with Gasteiger partial charge >= 0.3 is 0 Å². The van der Waals surface area contributed by atoms with E-state index in [1.165, 1.54) is 0 Å². The number of imidazole rings is 1. The number of unbranched alkanes of at least 4 members (excludes halogenated alkanes) is 1. The van der Waals surface area contributed by atoms with E-state index < -0.39 is 11.9 Å². The van der Waals surface area contributed by atoms with Gasteiger partial charge in [-0.25, -0.2) is 4.98 Å². The Morgan fingerprint density at radius 3 is 2.59 bits per heavy atom. The van der Waals surface area contributed by atoms with E-state index in [0.29, 0.717) is 50.6 Å². The van der Waals surface area contributed by atoms with Crippen LogP contribution in [-0.4, -0.2) is 80.4 Å². The largest absolute Gasteiger partial charge is 0.494 e. The first kappa shape index (κ1) is 37.3. The minimum absolute atomic E-state index is 0.0758. The van der Waals surface area contributed by atoms with E-state index in [0.717, 1.165) is 101 Å². The number of nitrogens with one attached hydrogen (secondary N) is 1. The third-order valence-electron chi connectivity index (χ3n) is 11.8. The Morgan fingerprint density at radius 2 is 1.78 bits per heavy atom. The summed E-state index contributed by atoms with van der Waals surface area (Å²) in [6, 6.07) is 21.2. The number of imide groups is 1. The van der Waals surface area contributed by atoms with E-state index in [2.05, 4.69) is 46.0 Å². The van der Waals surface area contributed by atoms with E-state index in [-0.39, 0.29) is 24.1 Å². The summed E-state index contributed by atoms with van der Waals surface area (Å²) in [5.74, 6) is 7.79. The Bertz CT molecular complexity index is 2510. The van der Waals surface area contributed by atoms with E-state index >= 15 is 0 Å². The second-order valence-electron chi connectivity index (χ2n) is 15.4. The quantitative estimate of drug-likeness (QED) is 0.115. The van der Waals surface area contributed by atoms with Crippen LogP contribution in [0.4, 0.5) is 0 Å². The zero-order valence-electron chi connectivity index (χ0n) is 32.5. The molecule has 1 unspecified atom stereocenters. The molecule has 0 aliphatic carbocycles. The number of ether oxygens (including phenoxy) is 2. The van der Waals surface area contributed by atoms with Gasteiger partial charge in [-0.2, -0.15) is 0 Å². The minimum Gasteiger partial charge on any atom is -0.494 e. The molecule has 2 aromatic heterocycles. The van der Waals surface area contributed by atoms with Gasteiger partial charge in [-0.1, -0.05) is 36.1 Å². The molecule has 58 heavy (non-hydrogen) atoms. The van der Waals surface area contributed by atoms with Crippen molar-refractivity contribution in [3.8, 4) is 40.1 Å². The summed E-state index contributed by atoms with van der Waals surface area (Å²) in [6.07, 6.45) is 5.72. The van der Waals surface area contributed by atoms with Gasteiger partial charge in [0.2, 0.25) is 17.7 Å². The molecule has 3 aromatic carbocycles. The highest BCUT2D eigenvalue weighted by Crippen LogP contribution is 2.38. The van der Waals surface area contributed by atoms with Gasteiger partial charge in [-0.15, -0.1) is 0 Å². The van der Waals surface area contributed by atoms with Gasteiger partial charge in [-0.05, 0) is 79.1 Å². The van der Waals surface area contributed by atoms with Crippen molar-refractivity contribution in [3.63, 3.8) is 0 Å². The Hall–Kier alpha value is -6.32. The van der Waals surface area contributed by atoms with Crippen molar-refractivity contribution in [1.82, 2.24) is 29.7 Å². The van der Waals surface area contributed by atoms with Crippen LogP contribution < -0.4 is 10.1 Å². The second kappa shape index (κ2) is 15.9. The molecule has 0 bridgehead atoms. The van der Waals surface area contributed by atoms with Crippen molar-refractivity contribution in [3.05, 3.63) is 101 Å². The molecule has 4 aliphatic rings. The van der Waals surface area contributed by atoms with Crippen molar-refractivity contribution >= 4 is 34.4 Å². The lowest BCUT2D eigenvalue weighted by molar-refractivity contribution is -0.137. The Labute approximate surface area is 336 Å². The molecule has 5 aromatic rings. The smallest absolute Gasteiger partial charge is 0.255 e. The first-order valence-corrected chi connectivity index (χ1v) is 20.1. The molecule has 4 aliphatic heterocycles. The number of aromatic nitrogens is 3. The Kier molecular flexibility index (Phi) is 10.2. The van der Waals surface area contributed by atoms with Crippen LogP contribution in [0.15, 0.2) is 72.9 Å². The molecule has 2 fully saturated rings. The van der Waals surface area contributed by atoms with Crippen molar-refractivity contribution in [2.45, 2.75) is 77.0 Å². The van der Waals surface area contributed by atoms with Crippen molar-refractivity contribution < 1.29 is 28.7 Å². The molecule has 0 spiro atoms. The van der Waals surface area contributed by atoms with Crippen LogP contribution in [0.2, 0.25) is 0 Å². The van der Waals surface area contributed by atoms with Crippen LogP contribution in [0, 0.1) is 11.8 Å². The van der Waals surface area contributed by atoms with E-state index in [4.69, 9.17) is 19.4 Å². The summed E-state index contributed by atoms with van der Waals surface area (Å²) in [4.78, 5) is 63.3. The molecule has 12 heteroatoms. The third kappa shape index (κ3) is 7.22. The van der Waals surface area contributed by atoms with Crippen molar-refractivity contribution in [2.75, 3.05) is 26.4 Å². The standard InChI is InChI=1S/C46H44N6O6/c1-29(53)50-20-21-51-41(28-50)43(49-44(51)32-18-23-57-24-19-32)35-10-6-9-33-25-39(47-26-37(33)35)31-12-14-34(15-13-31)58-22-4-2-3-7-30-8-5-11-36-38(30)27-52(46(36)56)40-16-17-42(54)48-45(40)55/h5-6,8-15,25-26,32,40H,2,4,16-24,27-28H2,1H3,(H,48,54,55). The molecule has 6 heterocycles. The van der Waals surface area contributed by atoms with Crippen LogP contribution >= 0.6 is 0 Å². The number of carbonyl (C=O) groups excluding carboxylic acids is 4. The molecule has 9 rings (SSSR count). The molecule has 1 N–H and O–H groups in total. The highest BCUT2D eigenvalue weighted by molar-refractivity contribution is 6.05. The number of piperidine rings is 1. The first-order chi connectivity index (χ1) is 28.3. The SMILES string of the molecule is CC(=O)N1CCn2c(C3CCOCC3)nc(-c3cccc4cc(-c5ccc(OCCCC#Cc6cccc7c6CN(C6CCC(=O)NC6=O)C7=O)cc5)ncc34)c2C1. The summed E-state index contributed by atoms with van der Waals surface area (Å²) in [5, 5.41) is 4.43. The van der Waals surface area contributed by atoms with Crippen LogP contribution in [-0.2, 0) is 38.8 Å². The highest BCUT2D eigenvalue weighted by Gasteiger charge is 2.39. The maximum Gasteiger partial charge on any atom is 0.255 e. The summed E-state index contributed by atoms with van der Waals surface area (Å²) in [7, 11) is 0. The molecule has 2 saturated heterocycles. The second-order valence-corrected chi connectivity index (χ2v) is 15.4. The number of amides is 4. The average molecular weight is 777 g/mol. The number of hydrogen-bond donors (Lipinski definition) is 1. The predicted octanol–water partition coefficient (Wildman–Crippen LogP) is 5.99. The van der Waals surface area contributed by atoms with Crippen LogP contribution in [0.1, 0.15) is 84.4 Å². The molecule has 4 amide bonds. The molecule has 12 nitrogen and oxygen atoms in total. The zero-order chi connectivity index (χ0) is 39.8. The Morgan fingerprint density at radius 1 is 0.966 bits per heavy atom. The molecular formula is C46H44N6O6. The van der Waals surface area contributed by atoms with E-state index in [1.54, 1.807) is 17.9 Å². The summed E-state index contributed by atoms with van der Waals surface area (Å²) < 4.78 is 14.1. The summed E-state index contributed by atoms with van der Waals surface area (Å²) in [5.41, 5.74) is 7.03. The lowest BCUT2D eigenvalue weighted by atomic mass is 9.99. The van der Waals surface area contributed by atoms with Gasteiger partial charge in [0, 0.05) is 92.4 Å². The highest BCUT2D eigenvalue weighted by atomic mass is 16.5. The topological polar surface area (TPSA) is 136 Å². The first-order valence-electron chi connectivity index (χ1n) is 20.1. The predicted molar refractivity (Wildman–Crippen MR) is 216 cm³/mol. The fourth-order valence-corrected chi connectivity index (χ4v) is 8.62. The number of fused-ring (bicyclic) bond motifs is 3. The normalized spacial score (nSPS) is 18.1. The van der Waals surface area contributed by atoms with Crippen molar-refractivity contribution in [1.29, 1.82) is 0 Å². The maximum atomic E-state index is 13.1. The number of rotatable bonds is 8. The molecule has 0 saturated carbocycles. The number of carbonyl (C=O) groups is 4. The average Bonchev–Trinajstić information content (AvgIpc) is 3.80. The third-order valence-corrected chi connectivity index (χ3v) is 11.8. The fraction of sp³-hybridized carbons (Fsp3) is 0.348.